The first-order valence-electron chi connectivity index (χ1n) is 7.42. The van der Waals surface area contributed by atoms with Crippen LogP contribution in [0.5, 0.6) is 0 Å². The maximum atomic E-state index is 11.6. The van der Waals surface area contributed by atoms with Crippen LogP contribution in [0.3, 0.4) is 0 Å². The zero-order chi connectivity index (χ0) is 15.8. The third-order valence-corrected chi connectivity index (χ3v) is 3.55. The SMILES string of the molecule is CCC(C)C(CC#N)c1cccc(NC(=O)OC(C)C)c1. The molecule has 1 rings (SSSR count). The van der Waals surface area contributed by atoms with Crippen LogP contribution in [-0.4, -0.2) is 12.2 Å². The molecule has 0 heterocycles. The number of ether oxygens (including phenoxy) is 1. The van der Waals surface area contributed by atoms with E-state index >= 15 is 0 Å². The molecule has 1 N–H and O–H groups in total. The number of hydrogen-bond acceptors (Lipinski definition) is 3. The fraction of sp³-hybridized carbons (Fsp3) is 0.529. The lowest BCUT2D eigenvalue weighted by molar-refractivity contribution is 0.130. The van der Waals surface area contributed by atoms with Crippen molar-refractivity contribution in [2.45, 2.75) is 52.6 Å². The summed E-state index contributed by atoms with van der Waals surface area (Å²) in [6.07, 6.45) is 0.885. The van der Waals surface area contributed by atoms with Crippen LogP contribution in [0.1, 0.15) is 52.0 Å². The average molecular weight is 288 g/mol. The van der Waals surface area contributed by atoms with E-state index in [1.807, 2.05) is 38.1 Å². The van der Waals surface area contributed by atoms with Gasteiger partial charge in [-0.3, -0.25) is 5.32 Å². The van der Waals surface area contributed by atoms with E-state index in [0.717, 1.165) is 12.0 Å². The Morgan fingerprint density at radius 1 is 1.38 bits per heavy atom. The molecule has 0 aromatic heterocycles. The molecule has 0 saturated carbocycles. The third-order valence-electron chi connectivity index (χ3n) is 3.55. The van der Waals surface area contributed by atoms with Gasteiger partial charge in [0, 0.05) is 12.1 Å². The topological polar surface area (TPSA) is 62.1 Å². The highest BCUT2D eigenvalue weighted by molar-refractivity contribution is 5.84. The molecule has 0 spiro atoms. The van der Waals surface area contributed by atoms with Gasteiger partial charge in [0.05, 0.1) is 12.2 Å². The molecule has 2 atom stereocenters. The monoisotopic (exact) mass is 288 g/mol. The summed E-state index contributed by atoms with van der Waals surface area (Å²) in [7, 11) is 0. The number of carbonyl (C=O) groups is 1. The number of amides is 1. The van der Waals surface area contributed by atoms with Crippen molar-refractivity contribution in [2.75, 3.05) is 5.32 Å². The van der Waals surface area contributed by atoms with Gasteiger partial charge in [-0.1, -0.05) is 32.4 Å². The standard InChI is InChI=1S/C17H24N2O2/c1-5-13(4)16(9-10-18)14-7-6-8-15(11-14)19-17(20)21-12(2)3/h6-8,11-13,16H,5,9H2,1-4H3,(H,19,20). The Labute approximate surface area is 127 Å². The molecule has 4 nitrogen and oxygen atoms in total. The van der Waals surface area contributed by atoms with Crippen molar-refractivity contribution in [3.05, 3.63) is 29.8 Å². The molecule has 0 aliphatic rings. The maximum Gasteiger partial charge on any atom is 0.411 e. The highest BCUT2D eigenvalue weighted by atomic mass is 16.6. The van der Waals surface area contributed by atoms with E-state index in [1.54, 1.807) is 0 Å². The smallest absolute Gasteiger partial charge is 0.411 e. The molecule has 0 saturated heterocycles. The number of carbonyl (C=O) groups excluding carboxylic acids is 1. The van der Waals surface area contributed by atoms with E-state index in [9.17, 15) is 4.79 Å². The Balaban J connectivity index is 2.88. The second-order valence-electron chi connectivity index (χ2n) is 5.56. The number of benzene rings is 1. The van der Waals surface area contributed by atoms with Crippen LogP contribution in [0, 0.1) is 17.2 Å². The molecule has 0 aliphatic carbocycles. The molecule has 0 radical (unpaired) electrons. The number of rotatable bonds is 6. The third kappa shape index (κ3) is 5.47. The quantitative estimate of drug-likeness (QED) is 0.826. The largest absolute Gasteiger partial charge is 0.447 e. The van der Waals surface area contributed by atoms with Crippen LogP contribution >= 0.6 is 0 Å². The van der Waals surface area contributed by atoms with Gasteiger partial charge in [-0.15, -0.1) is 0 Å². The summed E-state index contributed by atoms with van der Waals surface area (Å²) >= 11 is 0. The lowest BCUT2D eigenvalue weighted by atomic mass is 9.83. The van der Waals surface area contributed by atoms with Crippen molar-refractivity contribution in [1.82, 2.24) is 0 Å². The minimum absolute atomic E-state index is 0.153. The average Bonchev–Trinajstić information content (AvgIpc) is 2.43. The van der Waals surface area contributed by atoms with E-state index in [4.69, 9.17) is 10.00 Å². The molecule has 0 fully saturated rings. The minimum atomic E-state index is -0.456. The number of nitriles is 1. The molecule has 4 heteroatoms. The van der Waals surface area contributed by atoms with Gasteiger partial charge in [-0.25, -0.2) is 4.79 Å². The van der Waals surface area contributed by atoms with Crippen LogP contribution in [0.15, 0.2) is 24.3 Å². The van der Waals surface area contributed by atoms with E-state index in [2.05, 4.69) is 25.2 Å². The zero-order valence-corrected chi connectivity index (χ0v) is 13.2. The van der Waals surface area contributed by atoms with Crippen molar-refractivity contribution in [2.24, 2.45) is 5.92 Å². The van der Waals surface area contributed by atoms with Crippen LogP contribution in [0.4, 0.5) is 10.5 Å². The molecule has 1 aromatic rings. The maximum absolute atomic E-state index is 11.6. The fourth-order valence-electron chi connectivity index (χ4n) is 2.24. The molecule has 1 amide bonds. The van der Waals surface area contributed by atoms with E-state index in [-0.39, 0.29) is 12.0 Å². The first kappa shape index (κ1) is 17.0. The van der Waals surface area contributed by atoms with E-state index in [0.29, 0.717) is 18.0 Å². The van der Waals surface area contributed by atoms with E-state index in [1.165, 1.54) is 0 Å². The summed E-state index contributed by atoms with van der Waals surface area (Å²) in [6, 6.07) is 9.91. The van der Waals surface area contributed by atoms with Crippen molar-refractivity contribution in [3.63, 3.8) is 0 Å². The lowest BCUT2D eigenvalue weighted by Crippen LogP contribution is -2.18. The second-order valence-corrected chi connectivity index (χ2v) is 5.56. The number of nitrogens with one attached hydrogen (secondary N) is 1. The van der Waals surface area contributed by atoms with Gasteiger partial charge < -0.3 is 4.74 Å². The Morgan fingerprint density at radius 3 is 2.67 bits per heavy atom. The summed E-state index contributed by atoms with van der Waals surface area (Å²) < 4.78 is 5.07. The van der Waals surface area contributed by atoms with Gasteiger partial charge in [0.25, 0.3) is 0 Å². The first-order chi connectivity index (χ1) is 9.97. The summed E-state index contributed by atoms with van der Waals surface area (Å²) in [5, 5.41) is 11.7. The van der Waals surface area contributed by atoms with Crippen LogP contribution < -0.4 is 5.32 Å². The Kier molecular flexibility index (Phi) is 6.74. The predicted octanol–water partition coefficient (Wildman–Crippen LogP) is 4.69. The number of nitrogens with zero attached hydrogens (tertiary/aromatic N) is 1. The highest BCUT2D eigenvalue weighted by Crippen LogP contribution is 2.31. The highest BCUT2D eigenvalue weighted by Gasteiger charge is 2.18. The number of anilines is 1. The van der Waals surface area contributed by atoms with Crippen LogP contribution in [0.2, 0.25) is 0 Å². The Bertz CT molecular complexity index is 506. The second kappa shape index (κ2) is 8.31. The summed E-state index contributed by atoms with van der Waals surface area (Å²) in [6.45, 7) is 7.88. The predicted molar refractivity (Wildman–Crippen MR) is 84.1 cm³/mol. The van der Waals surface area contributed by atoms with Gasteiger partial charge in [0.15, 0.2) is 0 Å². The molecular formula is C17H24N2O2. The van der Waals surface area contributed by atoms with Gasteiger partial charge in [-0.2, -0.15) is 5.26 Å². The van der Waals surface area contributed by atoms with E-state index < -0.39 is 6.09 Å². The zero-order valence-electron chi connectivity index (χ0n) is 13.2. The van der Waals surface area contributed by atoms with Crippen LogP contribution in [-0.2, 0) is 4.74 Å². The summed E-state index contributed by atoms with van der Waals surface area (Å²) in [4.78, 5) is 11.6. The molecule has 2 unspecified atom stereocenters. The molecule has 0 bridgehead atoms. The minimum Gasteiger partial charge on any atom is -0.447 e. The van der Waals surface area contributed by atoms with Crippen LogP contribution in [0.25, 0.3) is 0 Å². The molecule has 0 aliphatic heterocycles. The van der Waals surface area contributed by atoms with Gasteiger partial charge in [-0.05, 0) is 43.4 Å². The molecule has 21 heavy (non-hydrogen) atoms. The molecular weight excluding hydrogens is 264 g/mol. The molecule has 114 valence electrons. The summed E-state index contributed by atoms with van der Waals surface area (Å²) in [5.41, 5.74) is 1.78. The lowest BCUT2D eigenvalue weighted by Gasteiger charge is -2.21. The van der Waals surface area contributed by atoms with Gasteiger partial charge >= 0.3 is 6.09 Å². The molecule has 1 aromatic carbocycles. The van der Waals surface area contributed by atoms with Crippen molar-refractivity contribution in [3.8, 4) is 6.07 Å². The number of hydrogen-bond donors (Lipinski definition) is 1. The summed E-state index contributed by atoms with van der Waals surface area (Å²) in [5.74, 6) is 0.602. The van der Waals surface area contributed by atoms with Crippen molar-refractivity contribution >= 4 is 11.8 Å². The van der Waals surface area contributed by atoms with Crippen molar-refractivity contribution < 1.29 is 9.53 Å². The van der Waals surface area contributed by atoms with Gasteiger partial charge in [0.1, 0.15) is 0 Å². The van der Waals surface area contributed by atoms with Gasteiger partial charge in [0.2, 0.25) is 0 Å². The fourth-order valence-corrected chi connectivity index (χ4v) is 2.24. The Hall–Kier alpha value is -2.02. The van der Waals surface area contributed by atoms with Crippen molar-refractivity contribution in [1.29, 1.82) is 5.26 Å². The first-order valence-corrected chi connectivity index (χ1v) is 7.42. The normalized spacial score (nSPS) is 13.3. The Morgan fingerprint density at radius 2 is 2.10 bits per heavy atom.